The number of nitrogens with zero attached hydrogens (tertiary/aromatic N) is 1. The van der Waals surface area contributed by atoms with E-state index < -0.39 is 0 Å². The summed E-state index contributed by atoms with van der Waals surface area (Å²) < 4.78 is 0. The summed E-state index contributed by atoms with van der Waals surface area (Å²) >= 11 is 11.9. The molecule has 1 aliphatic rings. The van der Waals surface area contributed by atoms with E-state index in [1.165, 1.54) is 12.8 Å². The molecule has 108 valence electrons. The lowest BCUT2D eigenvalue weighted by molar-refractivity contribution is 0.102. The van der Waals surface area contributed by atoms with Gasteiger partial charge in [-0.25, -0.2) is 4.98 Å². The number of rotatable bonds is 4. The van der Waals surface area contributed by atoms with E-state index in [-0.39, 0.29) is 5.91 Å². The number of halogens is 2. The van der Waals surface area contributed by atoms with Gasteiger partial charge in [0.05, 0.1) is 27.6 Å². The maximum atomic E-state index is 12.1. The fourth-order valence-electron chi connectivity index (χ4n) is 1.86. The van der Waals surface area contributed by atoms with Gasteiger partial charge in [0.1, 0.15) is 5.69 Å². The van der Waals surface area contributed by atoms with E-state index in [0.717, 1.165) is 5.69 Å². The number of pyridine rings is 1. The van der Waals surface area contributed by atoms with Gasteiger partial charge in [-0.05, 0) is 37.1 Å². The third kappa shape index (κ3) is 3.46. The summed E-state index contributed by atoms with van der Waals surface area (Å²) in [6, 6.07) is 9.15. The summed E-state index contributed by atoms with van der Waals surface area (Å²) in [5.41, 5.74) is 1.72. The molecule has 1 heterocycles. The van der Waals surface area contributed by atoms with Crippen LogP contribution in [-0.2, 0) is 0 Å². The number of anilines is 2. The average molecular weight is 322 g/mol. The Bertz CT molecular complexity index is 669. The largest absolute Gasteiger partial charge is 0.381 e. The third-order valence-corrected chi connectivity index (χ3v) is 3.96. The van der Waals surface area contributed by atoms with Crippen LogP contribution in [0, 0.1) is 0 Å². The molecule has 21 heavy (non-hydrogen) atoms. The third-order valence-electron chi connectivity index (χ3n) is 3.14. The minimum absolute atomic E-state index is 0.319. The normalized spacial score (nSPS) is 13.8. The molecule has 1 amide bonds. The molecule has 1 fully saturated rings. The number of hydrogen-bond acceptors (Lipinski definition) is 3. The van der Waals surface area contributed by atoms with Crippen LogP contribution in [0.2, 0.25) is 10.0 Å². The quantitative estimate of drug-likeness (QED) is 0.886. The summed E-state index contributed by atoms with van der Waals surface area (Å²) in [5, 5.41) is 6.73. The van der Waals surface area contributed by atoms with Crippen molar-refractivity contribution >= 4 is 40.5 Å². The Morgan fingerprint density at radius 1 is 1.19 bits per heavy atom. The highest BCUT2D eigenvalue weighted by molar-refractivity contribution is 6.44. The molecule has 0 aliphatic heterocycles. The Morgan fingerprint density at radius 3 is 2.67 bits per heavy atom. The Labute approximate surface area is 132 Å². The molecule has 0 saturated heterocycles. The Hall–Kier alpha value is -1.78. The van der Waals surface area contributed by atoms with Crippen LogP contribution in [0.1, 0.15) is 23.3 Å². The van der Waals surface area contributed by atoms with Crippen LogP contribution in [0.15, 0.2) is 36.5 Å². The van der Waals surface area contributed by atoms with E-state index in [4.69, 9.17) is 23.2 Å². The molecule has 0 spiro atoms. The Morgan fingerprint density at radius 2 is 2.00 bits per heavy atom. The molecule has 1 aliphatic carbocycles. The van der Waals surface area contributed by atoms with Crippen molar-refractivity contribution in [1.82, 2.24) is 4.98 Å². The molecular formula is C15H13Cl2N3O. The molecule has 1 aromatic carbocycles. The molecule has 1 aromatic heterocycles. The van der Waals surface area contributed by atoms with Crippen LogP contribution >= 0.6 is 23.2 Å². The van der Waals surface area contributed by atoms with Crippen molar-refractivity contribution < 1.29 is 4.79 Å². The van der Waals surface area contributed by atoms with E-state index in [1.54, 1.807) is 30.5 Å². The zero-order valence-electron chi connectivity index (χ0n) is 11.1. The van der Waals surface area contributed by atoms with Gasteiger partial charge in [0.25, 0.3) is 5.91 Å². The van der Waals surface area contributed by atoms with Gasteiger partial charge in [-0.1, -0.05) is 29.3 Å². The SMILES string of the molecule is O=C(Nc1cccc(Cl)c1Cl)c1ccc(NC2CC2)cn1. The molecule has 6 heteroatoms. The number of benzene rings is 1. The predicted octanol–water partition coefficient (Wildman–Crippen LogP) is 4.22. The zero-order valence-corrected chi connectivity index (χ0v) is 12.6. The van der Waals surface area contributed by atoms with Crippen LogP contribution < -0.4 is 10.6 Å². The topological polar surface area (TPSA) is 54.0 Å². The highest BCUT2D eigenvalue weighted by Crippen LogP contribution is 2.29. The monoisotopic (exact) mass is 321 g/mol. The minimum atomic E-state index is -0.322. The van der Waals surface area contributed by atoms with Crippen molar-refractivity contribution in [3.05, 3.63) is 52.3 Å². The second kappa shape index (κ2) is 5.92. The standard InChI is InChI=1S/C15H13Cl2N3O/c16-11-2-1-3-12(14(11)17)20-15(21)13-7-6-10(8-18-13)19-9-4-5-9/h1-3,6-9,19H,4-5H2,(H,20,21). The van der Waals surface area contributed by atoms with Gasteiger partial charge >= 0.3 is 0 Å². The number of aromatic nitrogens is 1. The maximum absolute atomic E-state index is 12.1. The first kappa shape index (κ1) is 14.2. The van der Waals surface area contributed by atoms with E-state index in [2.05, 4.69) is 15.6 Å². The van der Waals surface area contributed by atoms with E-state index in [0.29, 0.717) is 27.5 Å². The fourth-order valence-corrected chi connectivity index (χ4v) is 2.21. The fraction of sp³-hybridized carbons (Fsp3) is 0.200. The number of nitrogens with one attached hydrogen (secondary N) is 2. The first-order valence-electron chi connectivity index (χ1n) is 6.61. The van der Waals surface area contributed by atoms with Crippen molar-refractivity contribution in [2.24, 2.45) is 0 Å². The van der Waals surface area contributed by atoms with E-state index in [1.807, 2.05) is 6.07 Å². The molecule has 0 bridgehead atoms. The van der Waals surface area contributed by atoms with Gasteiger partial charge in [0.2, 0.25) is 0 Å². The van der Waals surface area contributed by atoms with Gasteiger partial charge in [0.15, 0.2) is 0 Å². The molecule has 1 saturated carbocycles. The van der Waals surface area contributed by atoms with Gasteiger partial charge < -0.3 is 10.6 Å². The number of amides is 1. The maximum Gasteiger partial charge on any atom is 0.274 e. The van der Waals surface area contributed by atoms with Gasteiger partial charge in [-0.2, -0.15) is 0 Å². The molecule has 3 rings (SSSR count). The molecule has 4 nitrogen and oxygen atoms in total. The number of carbonyl (C=O) groups excluding carboxylic acids is 1. The van der Waals surface area contributed by atoms with Crippen LogP contribution in [0.25, 0.3) is 0 Å². The van der Waals surface area contributed by atoms with Crippen molar-refractivity contribution in [2.75, 3.05) is 10.6 Å². The highest BCUT2D eigenvalue weighted by Gasteiger charge is 2.21. The minimum Gasteiger partial charge on any atom is -0.381 e. The van der Waals surface area contributed by atoms with Crippen molar-refractivity contribution in [3.63, 3.8) is 0 Å². The number of hydrogen-bond donors (Lipinski definition) is 2. The molecule has 0 radical (unpaired) electrons. The van der Waals surface area contributed by atoms with E-state index in [9.17, 15) is 4.79 Å². The lowest BCUT2D eigenvalue weighted by Crippen LogP contribution is -2.14. The Kier molecular flexibility index (Phi) is 3.99. The van der Waals surface area contributed by atoms with Crippen LogP contribution in [0.3, 0.4) is 0 Å². The molecular weight excluding hydrogens is 309 g/mol. The number of carbonyl (C=O) groups is 1. The smallest absolute Gasteiger partial charge is 0.274 e. The summed E-state index contributed by atoms with van der Waals surface area (Å²) in [5.74, 6) is -0.322. The average Bonchev–Trinajstić information content (AvgIpc) is 3.28. The van der Waals surface area contributed by atoms with Gasteiger partial charge in [-0.15, -0.1) is 0 Å². The van der Waals surface area contributed by atoms with Gasteiger partial charge in [-0.3, -0.25) is 4.79 Å². The summed E-state index contributed by atoms with van der Waals surface area (Å²) in [4.78, 5) is 16.3. The van der Waals surface area contributed by atoms with Crippen LogP contribution in [-0.4, -0.2) is 16.9 Å². The molecule has 0 atom stereocenters. The summed E-state index contributed by atoms with van der Waals surface area (Å²) in [6.07, 6.45) is 4.04. The van der Waals surface area contributed by atoms with Crippen molar-refractivity contribution in [1.29, 1.82) is 0 Å². The van der Waals surface area contributed by atoms with Crippen LogP contribution in [0.5, 0.6) is 0 Å². The Balaban J connectivity index is 1.70. The molecule has 2 N–H and O–H groups in total. The van der Waals surface area contributed by atoms with Crippen LogP contribution in [0.4, 0.5) is 11.4 Å². The lowest BCUT2D eigenvalue weighted by atomic mass is 10.2. The highest BCUT2D eigenvalue weighted by atomic mass is 35.5. The first-order chi connectivity index (χ1) is 10.1. The summed E-state index contributed by atoms with van der Waals surface area (Å²) in [6.45, 7) is 0. The van der Waals surface area contributed by atoms with Crippen molar-refractivity contribution in [3.8, 4) is 0 Å². The molecule has 2 aromatic rings. The predicted molar refractivity (Wildman–Crippen MR) is 85.3 cm³/mol. The second-order valence-corrected chi connectivity index (χ2v) is 5.69. The van der Waals surface area contributed by atoms with Gasteiger partial charge in [0, 0.05) is 6.04 Å². The second-order valence-electron chi connectivity index (χ2n) is 4.91. The summed E-state index contributed by atoms with van der Waals surface area (Å²) in [7, 11) is 0. The lowest BCUT2D eigenvalue weighted by Gasteiger charge is -2.08. The van der Waals surface area contributed by atoms with Crippen molar-refractivity contribution in [2.45, 2.75) is 18.9 Å². The van der Waals surface area contributed by atoms with E-state index >= 15 is 0 Å². The first-order valence-corrected chi connectivity index (χ1v) is 7.37. The molecule has 0 unspecified atom stereocenters. The zero-order chi connectivity index (χ0) is 14.8.